The van der Waals surface area contributed by atoms with E-state index in [1.807, 2.05) is 6.92 Å². The molecule has 0 aliphatic carbocycles. The van der Waals surface area contributed by atoms with Crippen LogP contribution in [-0.2, 0) is 6.42 Å². The average molecular weight is 261 g/mol. The van der Waals surface area contributed by atoms with Gasteiger partial charge in [0.05, 0.1) is 17.4 Å². The summed E-state index contributed by atoms with van der Waals surface area (Å²) in [5, 5.41) is 16.3. The molecule has 2 rings (SSSR count). The first kappa shape index (κ1) is 13.2. The molecule has 0 amide bonds. The van der Waals surface area contributed by atoms with Crippen molar-refractivity contribution in [2.24, 2.45) is 0 Å². The second-order valence-electron chi connectivity index (χ2n) is 4.29. The zero-order valence-electron chi connectivity index (χ0n) is 11.1. The fourth-order valence-corrected chi connectivity index (χ4v) is 2.80. The number of aromatic nitrogens is 2. The molecule has 1 atom stereocenters. The molecule has 3 nitrogen and oxygen atoms in total. The SMILES string of the molecule is CCNC(c1ccsc1)c1cc(C)nnc1CC. The topological polar surface area (TPSA) is 37.8 Å². The third-order valence-electron chi connectivity index (χ3n) is 2.96. The van der Waals surface area contributed by atoms with Gasteiger partial charge in [-0.3, -0.25) is 0 Å². The Morgan fingerprint density at radius 3 is 2.78 bits per heavy atom. The van der Waals surface area contributed by atoms with Crippen molar-refractivity contribution in [3.63, 3.8) is 0 Å². The monoisotopic (exact) mass is 261 g/mol. The molecule has 0 radical (unpaired) electrons. The van der Waals surface area contributed by atoms with E-state index in [0.717, 1.165) is 24.4 Å². The summed E-state index contributed by atoms with van der Waals surface area (Å²) in [6.07, 6.45) is 0.911. The van der Waals surface area contributed by atoms with E-state index in [1.165, 1.54) is 11.1 Å². The highest BCUT2D eigenvalue weighted by molar-refractivity contribution is 7.08. The van der Waals surface area contributed by atoms with Gasteiger partial charge in [0, 0.05) is 0 Å². The van der Waals surface area contributed by atoms with Crippen LogP contribution >= 0.6 is 11.3 Å². The summed E-state index contributed by atoms with van der Waals surface area (Å²) in [7, 11) is 0. The van der Waals surface area contributed by atoms with Gasteiger partial charge in [-0.2, -0.15) is 21.5 Å². The molecule has 0 saturated heterocycles. The zero-order chi connectivity index (χ0) is 13.0. The average Bonchev–Trinajstić information content (AvgIpc) is 2.89. The predicted molar refractivity (Wildman–Crippen MR) is 76.0 cm³/mol. The number of thiophene rings is 1. The predicted octanol–water partition coefficient (Wildman–Crippen LogP) is 3.11. The van der Waals surface area contributed by atoms with Crippen molar-refractivity contribution in [2.75, 3.05) is 6.54 Å². The first-order valence-electron chi connectivity index (χ1n) is 6.34. The van der Waals surface area contributed by atoms with Crippen molar-refractivity contribution in [1.29, 1.82) is 0 Å². The first-order valence-corrected chi connectivity index (χ1v) is 7.29. The summed E-state index contributed by atoms with van der Waals surface area (Å²) < 4.78 is 0. The Morgan fingerprint density at radius 2 is 2.17 bits per heavy atom. The first-order chi connectivity index (χ1) is 8.76. The smallest absolute Gasteiger partial charge is 0.0679 e. The van der Waals surface area contributed by atoms with Gasteiger partial charge in [-0.15, -0.1) is 0 Å². The molecule has 0 saturated carbocycles. The van der Waals surface area contributed by atoms with Gasteiger partial charge in [-0.1, -0.05) is 13.8 Å². The molecule has 0 fully saturated rings. The molecule has 0 spiro atoms. The normalized spacial score (nSPS) is 12.6. The quantitative estimate of drug-likeness (QED) is 0.898. The zero-order valence-corrected chi connectivity index (χ0v) is 11.9. The van der Waals surface area contributed by atoms with E-state index in [-0.39, 0.29) is 6.04 Å². The van der Waals surface area contributed by atoms with Gasteiger partial charge in [0.25, 0.3) is 0 Å². The Labute approximate surface area is 112 Å². The number of nitrogens with zero attached hydrogens (tertiary/aromatic N) is 2. The molecule has 96 valence electrons. The van der Waals surface area contributed by atoms with Crippen LogP contribution in [0.15, 0.2) is 22.9 Å². The van der Waals surface area contributed by atoms with Gasteiger partial charge in [0.2, 0.25) is 0 Å². The maximum Gasteiger partial charge on any atom is 0.0679 e. The summed E-state index contributed by atoms with van der Waals surface area (Å²) in [5.74, 6) is 0. The Morgan fingerprint density at radius 1 is 1.33 bits per heavy atom. The Hall–Kier alpha value is -1.26. The van der Waals surface area contributed by atoms with Crippen LogP contribution in [0.25, 0.3) is 0 Å². The summed E-state index contributed by atoms with van der Waals surface area (Å²) in [6, 6.07) is 4.55. The lowest BCUT2D eigenvalue weighted by molar-refractivity contribution is 0.618. The molecule has 2 aromatic rings. The van der Waals surface area contributed by atoms with E-state index in [1.54, 1.807) is 11.3 Å². The summed E-state index contributed by atoms with van der Waals surface area (Å²) in [6.45, 7) is 7.18. The van der Waals surface area contributed by atoms with Gasteiger partial charge in [-0.05, 0) is 53.9 Å². The van der Waals surface area contributed by atoms with E-state index >= 15 is 0 Å². The molecule has 2 heterocycles. The molecule has 18 heavy (non-hydrogen) atoms. The third-order valence-corrected chi connectivity index (χ3v) is 3.66. The van der Waals surface area contributed by atoms with Crippen molar-refractivity contribution < 1.29 is 0 Å². The Bertz CT molecular complexity index is 494. The summed E-state index contributed by atoms with van der Waals surface area (Å²) in [4.78, 5) is 0. The largest absolute Gasteiger partial charge is 0.306 e. The lowest BCUT2D eigenvalue weighted by Gasteiger charge is -2.19. The Balaban J connectivity index is 2.45. The summed E-state index contributed by atoms with van der Waals surface area (Å²) >= 11 is 1.73. The third kappa shape index (κ3) is 2.76. The Kier molecular flexibility index (Phi) is 4.44. The highest BCUT2D eigenvalue weighted by atomic mass is 32.1. The van der Waals surface area contributed by atoms with E-state index in [9.17, 15) is 0 Å². The molecular formula is C14H19N3S. The molecule has 1 unspecified atom stereocenters. The van der Waals surface area contributed by atoms with Crippen molar-refractivity contribution in [3.05, 3.63) is 45.4 Å². The number of nitrogens with one attached hydrogen (secondary N) is 1. The molecule has 0 aromatic carbocycles. The van der Waals surface area contributed by atoms with E-state index < -0.39 is 0 Å². The minimum atomic E-state index is 0.227. The second kappa shape index (κ2) is 6.07. The van der Waals surface area contributed by atoms with Crippen molar-refractivity contribution in [3.8, 4) is 0 Å². The molecule has 0 aliphatic heterocycles. The number of aryl methyl sites for hydroxylation is 2. The lowest BCUT2D eigenvalue weighted by atomic mass is 9.98. The molecule has 0 bridgehead atoms. The van der Waals surface area contributed by atoms with Crippen LogP contribution in [0.5, 0.6) is 0 Å². The lowest BCUT2D eigenvalue weighted by Crippen LogP contribution is -2.23. The van der Waals surface area contributed by atoms with Gasteiger partial charge in [0.15, 0.2) is 0 Å². The van der Waals surface area contributed by atoms with Gasteiger partial charge in [-0.25, -0.2) is 0 Å². The second-order valence-corrected chi connectivity index (χ2v) is 5.07. The highest BCUT2D eigenvalue weighted by Gasteiger charge is 2.17. The van der Waals surface area contributed by atoms with Crippen LogP contribution in [0.2, 0.25) is 0 Å². The molecule has 0 aliphatic rings. The minimum absolute atomic E-state index is 0.227. The van der Waals surface area contributed by atoms with E-state index in [0.29, 0.717) is 0 Å². The van der Waals surface area contributed by atoms with Crippen LogP contribution < -0.4 is 5.32 Å². The molecule has 1 N–H and O–H groups in total. The highest BCUT2D eigenvalue weighted by Crippen LogP contribution is 2.26. The number of hydrogen-bond acceptors (Lipinski definition) is 4. The van der Waals surface area contributed by atoms with Gasteiger partial charge in [0.1, 0.15) is 0 Å². The summed E-state index contributed by atoms with van der Waals surface area (Å²) in [5.41, 5.74) is 4.62. The van der Waals surface area contributed by atoms with E-state index in [2.05, 4.69) is 52.3 Å². The minimum Gasteiger partial charge on any atom is -0.306 e. The van der Waals surface area contributed by atoms with Crippen LogP contribution in [0.4, 0.5) is 0 Å². The standard InChI is InChI=1S/C14H19N3S/c1-4-13-12(8-10(3)16-17-13)14(15-5-2)11-6-7-18-9-11/h6-9,14-15H,4-5H2,1-3H3. The number of rotatable bonds is 5. The van der Waals surface area contributed by atoms with Crippen LogP contribution in [0.3, 0.4) is 0 Å². The van der Waals surface area contributed by atoms with Crippen LogP contribution in [0.1, 0.15) is 42.4 Å². The van der Waals surface area contributed by atoms with Crippen LogP contribution in [-0.4, -0.2) is 16.7 Å². The maximum atomic E-state index is 4.32. The van der Waals surface area contributed by atoms with Crippen molar-refractivity contribution in [1.82, 2.24) is 15.5 Å². The molecule has 4 heteroatoms. The molecule has 2 aromatic heterocycles. The van der Waals surface area contributed by atoms with Crippen LogP contribution in [0, 0.1) is 6.92 Å². The van der Waals surface area contributed by atoms with Crippen molar-refractivity contribution in [2.45, 2.75) is 33.2 Å². The maximum absolute atomic E-state index is 4.32. The number of hydrogen-bond donors (Lipinski definition) is 1. The fraction of sp³-hybridized carbons (Fsp3) is 0.429. The van der Waals surface area contributed by atoms with Gasteiger partial charge < -0.3 is 5.32 Å². The van der Waals surface area contributed by atoms with E-state index in [4.69, 9.17) is 0 Å². The molecular weight excluding hydrogens is 242 g/mol. The van der Waals surface area contributed by atoms with Gasteiger partial charge >= 0.3 is 0 Å². The van der Waals surface area contributed by atoms with Crippen molar-refractivity contribution >= 4 is 11.3 Å². The fourth-order valence-electron chi connectivity index (χ4n) is 2.11.